The van der Waals surface area contributed by atoms with Crippen molar-refractivity contribution in [1.29, 1.82) is 0 Å². The van der Waals surface area contributed by atoms with Crippen molar-refractivity contribution < 1.29 is 18.7 Å². The molecule has 0 fully saturated rings. The summed E-state index contributed by atoms with van der Waals surface area (Å²) in [6.45, 7) is 2.04. The molecule has 0 atom stereocenters. The third kappa shape index (κ3) is 2.53. The molecule has 0 spiro atoms. The Morgan fingerprint density at radius 2 is 2.08 bits per heavy atom. The van der Waals surface area contributed by atoms with E-state index in [2.05, 4.69) is 25.1 Å². The minimum Gasteiger partial charge on any atom is -0.461 e. The van der Waals surface area contributed by atoms with Gasteiger partial charge in [0.25, 0.3) is 11.3 Å². The summed E-state index contributed by atoms with van der Waals surface area (Å²) in [5, 5.41) is 11.1. The van der Waals surface area contributed by atoms with Crippen LogP contribution < -0.4 is 5.56 Å². The second kappa shape index (κ2) is 5.82. The first-order chi connectivity index (χ1) is 12.2. The Balaban J connectivity index is 1.76. The Kier molecular flexibility index (Phi) is 3.49. The van der Waals surface area contributed by atoms with E-state index in [0.717, 1.165) is 5.56 Å². The molecule has 3 aromatic heterocycles. The fourth-order valence-electron chi connectivity index (χ4n) is 2.45. The van der Waals surface area contributed by atoms with Gasteiger partial charge in [0.2, 0.25) is 5.69 Å². The molecule has 4 rings (SSSR count). The minimum atomic E-state index is -0.729. The second-order valence-electron chi connectivity index (χ2n) is 5.20. The lowest BCUT2D eigenvalue weighted by Gasteiger charge is -2.05. The topological polar surface area (TPSA) is 126 Å². The first-order valence-corrected chi connectivity index (χ1v) is 7.40. The normalized spacial score (nSPS) is 11.2. The number of carbonyl (C=O) groups excluding carboxylic acids is 1. The minimum absolute atomic E-state index is 0.00914. The average molecular weight is 341 g/mol. The summed E-state index contributed by atoms with van der Waals surface area (Å²) >= 11 is 0. The van der Waals surface area contributed by atoms with Gasteiger partial charge < -0.3 is 9.26 Å². The van der Waals surface area contributed by atoms with Gasteiger partial charge in [0.1, 0.15) is 22.7 Å². The van der Waals surface area contributed by atoms with Gasteiger partial charge in [0.15, 0.2) is 0 Å². The smallest absolute Gasteiger partial charge is 0.361 e. The number of ether oxygens (including phenoxy) is 1. The lowest BCUT2D eigenvalue weighted by Crippen LogP contribution is -2.22. The molecular formula is C15H11N5O5. The van der Waals surface area contributed by atoms with E-state index in [1.54, 1.807) is 25.1 Å². The van der Waals surface area contributed by atoms with Crippen molar-refractivity contribution in [2.75, 3.05) is 6.61 Å². The number of hydrogen-bond acceptors (Lipinski definition) is 9. The standard InChI is InChI=1S/C15H11N5O5/c1-2-23-15(22)12-11-13(24-19-12)16-7-20(14(11)21)6-8-3-4-9-10(5-8)18-25-17-9/h3-5,7H,2,6H2,1H3. The number of fused-ring (bicyclic) bond motifs is 2. The van der Waals surface area contributed by atoms with Crippen molar-refractivity contribution in [2.45, 2.75) is 13.5 Å². The summed E-state index contributed by atoms with van der Waals surface area (Å²) in [5.74, 6) is -0.729. The zero-order chi connectivity index (χ0) is 17.4. The number of rotatable bonds is 4. The van der Waals surface area contributed by atoms with E-state index in [0.29, 0.717) is 11.0 Å². The van der Waals surface area contributed by atoms with E-state index in [9.17, 15) is 9.59 Å². The highest BCUT2D eigenvalue weighted by atomic mass is 16.6. The van der Waals surface area contributed by atoms with Gasteiger partial charge in [-0.15, -0.1) is 0 Å². The van der Waals surface area contributed by atoms with Gasteiger partial charge in [0.05, 0.1) is 13.2 Å². The Hall–Kier alpha value is -3.56. The molecule has 0 aliphatic heterocycles. The van der Waals surface area contributed by atoms with Crippen molar-refractivity contribution in [2.24, 2.45) is 0 Å². The van der Waals surface area contributed by atoms with Gasteiger partial charge in [-0.1, -0.05) is 11.2 Å². The highest BCUT2D eigenvalue weighted by molar-refractivity contribution is 5.99. The fraction of sp³-hybridized carbons (Fsp3) is 0.200. The van der Waals surface area contributed by atoms with Crippen LogP contribution in [0.2, 0.25) is 0 Å². The summed E-state index contributed by atoms with van der Waals surface area (Å²) in [6, 6.07) is 5.28. The molecule has 0 saturated carbocycles. The summed E-state index contributed by atoms with van der Waals surface area (Å²) < 4.78 is 15.8. The van der Waals surface area contributed by atoms with Crippen LogP contribution in [0.4, 0.5) is 0 Å². The molecule has 3 heterocycles. The van der Waals surface area contributed by atoms with Crippen LogP contribution in [-0.4, -0.2) is 37.6 Å². The Labute approximate surface area is 138 Å². The Bertz CT molecular complexity index is 1140. The molecule has 10 nitrogen and oxygen atoms in total. The highest BCUT2D eigenvalue weighted by Gasteiger charge is 2.22. The zero-order valence-electron chi connectivity index (χ0n) is 13.0. The maximum absolute atomic E-state index is 12.7. The zero-order valence-corrected chi connectivity index (χ0v) is 13.0. The van der Waals surface area contributed by atoms with Crippen LogP contribution in [-0.2, 0) is 11.3 Å². The Morgan fingerprint density at radius 1 is 1.24 bits per heavy atom. The lowest BCUT2D eigenvalue weighted by molar-refractivity contribution is 0.0516. The third-order valence-corrected chi connectivity index (χ3v) is 3.60. The first kappa shape index (κ1) is 15.0. The summed E-state index contributed by atoms with van der Waals surface area (Å²) in [6.07, 6.45) is 1.33. The molecule has 0 aliphatic carbocycles. The average Bonchev–Trinajstić information content (AvgIpc) is 3.24. The van der Waals surface area contributed by atoms with E-state index in [1.165, 1.54) is 10.9 Å². The number of nitrogens with zero attached hydrogens (tertiary/aromatic N) is 5. The second-order valence-corrected chi connectivity index (χ2v) is 5.20. The molecule has 25 heavy (non-hydrogen) atoms. The van der Waals surface area contributed by atoms with Crippen LogP contribution in [0.3, 0.4) is 0 Å². The summed E-state index contributed by atoms with van der Waals surface area (Å²) in [4.78, 5) is 28.7. The predicted molar refractivity (Wildman–Crippen MR) is 82.9 cm³/mol. The van der Waals surface area contributed by atoms with Crippen LogP contribution in [0.5, 0.6) is 0 Å². The number of esters is 1. The van der Waals surface area contributed by atoms with Crippen molar-refractivity contribution >= 4 is 28.1 Å². The van der Waals surface area contributed by atoms with E-state index in [4.69, 9.17) is 9.26 Å². The summed E-state index contributed by atoms with van der Waals surface area (Å²) in [5.41, 5.74) is 1.35. The maximum atomic E-state index is 12.7. The molecule has 1 aromatic carbocycles. The predicted octanol–water partition coefficient (Wildman–Crippen LogP) is 1.15. The van der Waals surface area contributed by atoms with E-state index < -0.39 is 11.5 Å². The molecule has 0 amide bonds. The van der Waals surface area contributed by atoms with Crippen LogP contribution >= 0.6 is 0 Å². The Morgan fingerprint density at radius 3 is 2.92 bits per heavy atom. The van der Waals surface area contributed by atoms with Gasteiger partial charge in [-0.25, -0.2) is 14.4 Å². The van der Waals surface area contributed by atoms with Crippen molar-refractivity contribution in [3.8, 4) is 0 Å². The van der Waals surface area contributed by atoms with Gasteiger partial charge in [-0.3, -0.25) is 9.36 Å². The molecule has 0 radical (unpaired) electrons. The monoisotopic (exact) mass is 341 g/mol. The fourth-order valence-corrected chi connectivity index (χ4v) is 2.45. The van der Waals surface area contributed by atoms with Crippen LogP contribution in [0.25, 0.3) is 22.1 Å². The van der Waals surface area contributed by atoms with E-state index in [-0.39, 0.29) is 29.9 Å². The molecular weight excluding hydrogens is 330 g/mol. The number of carbonyl (C=O) groups is 1. The number of benzene rings is 1. The molecule has 0 saturated heterocycles. The molecule has 0 unspecified atom stereocenters. The first-order valence-electron chi connectivity index (χ1n) is 7.40. The van der Waals surface area contributed by atoms with Gasteiger partial charge in [-0.2, -0.15) is 0 Å². The van der Waals surface area contributed by atoms with Gasteiger partial charge in [0, 0.05) is 0 Å². The number of aromatic nitrogens is 5. The molecule has 126 valence electrons. The van der Waals surface area contributed by atoms with E-state index in [1.807, 2.05) is 0 Å². The molecule has 0 bridgehead atoms. The van der Waals surface area contributed by atoms with Crippen molar-refractivity contribution in [3.63, 3.8) is 0 Å². The largest absolute Gasteiger partial charge is 0.461 e. The van der Waals surface area contributed by atoms with Crippen LogP contribution in [0, 0.1) is 0 Å². The van der Waals surface area contributed by atoms with Crippen molar-refractivity contribution in [1.82, 2.24) is 25.0 Å². The highest BCUT2D eigenvalue weighted by Crippen LogP contribution is 2.15. The van der Waals surface area contributed by atoms with Gasteiger partial charge >= 0.3 is 5.97 Å². The lowest BCUT2D eigenvalue weighted by atomic mass is 10.2. The molecule has 0 aliphatic rings. The number of hydrogen-bond donors (Lipinski definition) is 0. The quantitative estimate of drug-likeness (QED) is 0.502. The van der Waals surface area contributed by atoms with Crippen molar-refractivity contribution in [3.05, 3.63) is 46.1 Å². The van der Waals surface area contributed by atoms with Crippen LogP contribution in [0.1, 0.15) is 23.0 Å². The molecule has 4 aromatic rings. The van der Waals surface area contributed by atoms with Crippen LogP contribution in [0.15, 0.2) is 38.5 Å². The summed E-state index contributed by atoms with van der Waals surface area (Å²) in [7, 11) is 0. The SMILES string of the molecule is CCOC(=O)c1noc2ncn(Cc3ccc4nonc4c3)c(=O)c12. The molecule has 10 heteroatoms. The maximum Gasteiger partial charge on any atom is 0.361 e. The third-order valence-electron chi connectivity index (χ3n) is 3.60. The molecule has 0 N–H and O–H groups in total. The van der Waals surface area contributed by atoms with Gasteiger partial charge in [-0.05, 0) is 34.9 Å². The van der Waals surface area contributed by atoms with E-state index >= 15 is 0 Å².